The minimum atomic E-state index is -2.84. The molecule has 114 valence electrons. The normalized spacial score (nSPS) is 12.6. The standard InChI is InChI=1S/C14H16BrF2N3O/c1-2-11(13-18-5-6-19-13)20-8-9-7-10(15)3-4-12(9)21-14(16)17/h3-7,11,14,20H,2,8H2,1H3,(H,18,19). The Labute approximate surface area is 130 Å². The monoisotopic (exact) mass is 359 g/mol. The molecule has 1 unspecified atom stereocenters. The van der Waals surface area contributed by atoms with Crippen LogP contribution in [-0.4, -0.2) is 16.6 Å². The number of nitrogens with zero attached hydrogens (tertiary/aromatic N) is 1. The fourth-order valence-corrected chi connectivity index (χ4v) is 2.44. The largest absolute Gasteiger partial charge is 0.434 e. The summed E-state index contributed by atoms with van der Waals surface area (Å²) in [6, 6.07) is 4.99. The van der Waals surface area contributed by atoms with Gasteiger partial charge >= 0.3 is 6.61 Å². The smallest absolute Gasteiger partial charge is 0.387 e. The van der Waals surface area contributed by atoms with Gasteiger partial charge in [-0.25, -0.2) is 4.98 Å². The fraction of sp³-hybridized carbons (Fsp3) is 0.357. The molecule has 0 radical (unpaired) electrons. The van der Waals surface area contributed by atoms with Gasteiger partial charge in [0, 0.05) is 29.0 Å². The second kappa shape index (κ2) is 7.51. The minimum Gasteiger partial charge on any atom is -0.434 e. The SMILES string of the molecule is CCC(NCc1cc(Br)ccc1OC(F)F)c1ncc[nH]1. The van der Waals surface area contributed by atoms with Crippen molar-refractivity contribution >= 4 is 15.9 Å². The molecule has 7 heteroatoms. The topological polar surface area (TPSA) is 49.9 Å². The lowest BCUT2D eigenvalue weighted by Crippen LogP contribution is -2.22. The molecule has 0 aliphatic rings. The Morgan fingerprint density at radius 1 is 1.43 bits per heavy atom. The van der Waals surface area contributed by atoms with E-state index in [1.807, 2.05) is 6.92 Å². The molecule has 2 N–H and O–H groups in total. The molecule has 0 aliphatic heterocycles. The van der Waals surface area contributed by atoms with Crippen LogP contribution >= 0.6 is 15.9 Å². The highest BCUT2D eigenvalue weighted by molar-refractivity contribution is 9.10. The molecule has 4 nitrogen and oxygen atoms in total. The highest BCUT2D eigenvalue weighted by atomic mass is 79.9. The Bertz CT molecular complexity index is 563. The van der Waals surface area contributed by atoms with Crippen molar-refractivity contribution in [2.75, 3.05) is 0 Å². The van der Waals surface area contributed by atoms with Gasteiger partial charge in [-0.3, -0.25) is 0 Å². The van der Waals surface area contributed by atoms with Gasteiger partial charge in [0.25, 0.3) is 0 Å². The lowest BCUT2D eigenvalue weighted by molar-refractivity contribution is -0.0505. The third kappa shape index (κ3) is 4.50. The Hall–Kier alpha value is -1.47. The third-order valence-electron chi connectivity index (χ3n) is 3.04. The van der Waals surface area contributed by atoms with E-state index < -0.39 is 6.61 Å². The van der Waals surface area contributed by atoms with E-state index in [2.05, 4.69) is 36.0 Å². The molecule has 0 amide bonds. The number of hydrogen-bond donors (Lipinski definition) is 2. The van der Waals surface area contributed by atoms with Crippen LogP contribution < -0.4 is 10.1 Å². The van der Waals surface area contributed by atoms with Crippen LogP contribution in [-0.2, 0) is 6.54 Å². The van der Waals surface area contributed by atoms with E-state index in [1.54, 1.807) is 24.5 Å². The van der Waals surface area contributed by atoms with Gasteiger partial charge in [-0.15, -0.1) is 0 Å². The molecule has 21 heavy (non-hydrogen) atoms. The van der Waals surface area contributed by atoms with E-state index in [9.17, 15) is 8.78 Å². The predicted octanol–water partition coefficient (Wildman–Crippen LogP) is 4.01. The number of benzene rings is 1. The van der Waals surface area contributed by atoms with Crippen molar-refractivity contribution in [2.45, 2.75) is 32.5 Å². The molecule has 0 spiro atoms. The van der Waals surface area contributed by atoms with Gasteiger partial charge in [-0.05, 0) is 24.6 Å². The maximum atomic E-state index is 12.4. The van der Waals surface area contributed by atoms with Crippen LogP contribution in [0.15, 0.2) is 35.1 Å². The van der Waals surface area contributed by atoms with Crippen LogP contribution in [0.2, 0.25) is 0 Å². The first kappa shape index (κ1) is 15.9. The second-order valence-electron chi connectivity index (χ2n) is 4.45. The summed E-state index contributed by atoms with van der Waals surface area (Å²) < 4.78 is 30.2. The number of hydrogen-bond acceptors (Lipinski definition) is 3. The first-order valence-electron chi connectivity index (χ1n) is 6.56. The summed E-state index contributed by atoms with van der Waals surface area (Å²) >= 11 is 3.34. The van der Waals surface area contributed by atoms with E-state index in [-0.39, 0.29) is 11.8 Å². The Balaban J connectivity index is 2.09. The minimum absolute atomic E-state index is 0.0263. The van der Waals surface area contributed by atoms with Crippen molar-refractivity contribution in [3.05, 3.63) is 46.5 Å². The van der Waals surface area contributed by atoms with Crippen molar-refractivity contribution in [3.63, 3.8) is 0 Å². The van der Waals surface area contributed by atoms with Gasteiger partial charge in [-0.1, -0.05) is 22.9 Å². The van der Waals surface area contributed by atoms with Crippen molar-refractivity contribution in [1.82, 2.24) is 15.3 Å². The van der Waals surface area contributed by atoms with Gasteiger partial charge in [-0.2, -0.15) is 8.78 Å². The van der Waals surface area contributed by atoms with Crippen LogP contribution in [0.4, 0.5) is 8.78 Å². The number of nitrogens with one attached hydrogen (secondary N) is 2. The van der Waals surface area contributed by atoms with Gasteiger partial charge in [0.05, 0.1) is 6.04 Å². The summed E-state index contributed by atoms with van der Waals surface area (Å²) in [6.07, 6.45) is 4.26. The van der Waals surface area contributed by atoms with Crippen molar-refractivity contribution in [2.24, 2.45) is 0 Å². The average molecular weight is 360 g/mol. The number of ether oxygens (including phenoxy) is 1. The van der Waals surface area contributed by atoms with Crippen LogP contribution in [0.1, 0.15) is 30.8 Å². The number of alkyl halides is 2. The van der Waals surface area contributed by atoms with Crippen molar-refractivity contribution in [3.8, 4) is 5.75 Å². The fourth-order valence-electron chi connectivity index (χ4n) is 2.03. The molecule has 2 rings (SSSR count). The number of halogens is 3. The van der Waals surface area contributed by atoms with Crippen LogP contribution in [0.25, 0.3) is 0 Å². The Kier molecular flexibility index (Phi) is 5.69. The number of aromatic amines is 1. The summed E-state index contributed by atoms with van der Waals surface area (Å²) in [5.41, 5.74) is 0.662. The summed E-state index contributed by atoms with van der Waals surface area (Å²) in [6.45, 7) is -0.407. The molecule has 1 atom stereocenters. The maximum absolute atomic E-state index is 12.4. The van der Waals surface area contributed by atoms with E-state index >= 15 is 0 Å². The van der Waals surface area contributed by atoms with Crippen LogP contribution in [0.5, 0.6) is 5.75 Å². The first-order chi connectivity index (χ1) is 10.1. The molecule has 0 bridgehead atoms. The van der Waals surface area contributed by atoms with Crippen molar-refractivity contribution < 1.29 is 13.5 Å². The predicted molar refractivity (Wildman–Crippen MR) is 79.2 cm³/mol. The number of rotatable bonds is 7. The van der Waals surface area contributed by atoms with E-state index in [0.717, 1.165) is 16.7 Å². The van der Waals surface area contributed by atoms with E-state index in [1.165, 1.54) is 6.07 Å². The molecule has 0 fully saturated rings. The summed E-state index contributed by atoms with van der Waals surface area (Å²) in [7, 11) is 0. The van der Waals surface area contributed by atoms with Crippen LogP contribution in [0.3, 0.4) is 0 Å². The molecule has 1 aromatic carbocycles. The number of aromatic nitrogens is 2. The lowest BCUT2D eigenvalue weighted by atomic mass is 10.1. The third-order valence-corrected chi connectivity index (χ3v) is 3.53. The Morgan fingerprint density at radius 3 is 2.86 bits per heavy atom. The highest BCUT2D eigenvalue weighted by Gasteiger charge is 2.14. The maximum Gasteiger partial charge on any atom is 0.387 e. The summed E-state index contributed by atoms with van der Waals surface area (Å²) in [4.78, 5) is 7.26. The highest BCUT2D eigenvalue weighted by Crippen LogP contribution is 2.25. The van der Waals surface area contributed by atoms with Crippen LogP contribution in [0, 0.1) is 0 Å². The average Bonchev–Trinajstić information content (AvgIpc) is 2.96. The van der Waals surface area contributed by atoms with Gasteiger partial charge in [0.2, 0.25) is 0 Å². The summed E-state index contributed by atoms with van der Waals surface area (Å²) in [5.74, 6) is 0.999. The zero-order valence-corrected chi connectivity index (χ0v) is 13.0. The zero-order chi connectivity index (χ0) is 15.2. The quantitative estimate of drug-likeness (QED) is 0.784. The van der Waals surface area contributed by atoms with Crippen molar-refractivity contribution in [1.29, 1.82) is 0 Å². The molecule has 0 saturated carbocycles. The van der Waals surface area contributed by atoms with E-state index in [4.69, 9.17) is 0 Å². The zero-order valence-electron chi connectivity index (χ0n) is 11.4. The molecular formula is C14H16BrF2N3O. The molecule has 1 heterocycles. The number of imidazole rings is 1. The van der Waals surface area contributed by atoms with Gasteiger partial charge in [0.15, 0.2) is 0 Å². The molecule has 1 aromatic heterocycles. The van der Waals surface area contributed by atoms with E-state index in [0.29, 0.717) is 12.1 Å². The number of H-pyrrole nitrogens is 1. The second-order valence-corrected chi connectivity index (χ2v) is 5.36. The first-order valence-corrected chi connectivity index (χ1v) is 7.35. The molecule has 0 saturated heterocycles. The summed E-state index contributed by atoms with van der Waals surface area (Å²) in [5, 5.41) is 3.29. The molecular weight excluding hydrogens is 344 g/mol. The van der Waals surface area contributed by atoms with Gasteiger partial charge < -0.3 is 15.0 Å². The Morgan fingerprint density at radius 2 is 2.24 bits per heavy atom. The van der Waals surface area contributed by atoms with Gasteiger partial charge in [0.1, 0.15) is 11.6 Å². The molecule has 0 aliphatic carbocycles. The molecule has 2 aromatic rings. The lowest BCUT2D eigenvalue weighted by Gasteiger charge is -2.17.